The van der Waals surface area contributed by atoms with E-state index in [1.54, 1.807) is 0 Å². The molecule has 1 aliphatic rings. The van der Waals surface area contributed by atoms with Crippen LogP contribution in [0.3, 0.4) is 0 Å². The molecule has 0 saturated heterocycles. The fraction of sp³-hybridized carbons (Fsp3) is 0.333. The Morgan fingerprint density at radius 3 is 2.65 bits per heavy atom. The van der Waals surface area contributed by atoms with Gasteiger partial charge in [0.1, 0.15) is 4.88 Å². The lowest BCUT2D eigenvalue weighted by Gasteiger charge is -2.03. The van der Waals surface area contributed by atoms with Crippen LogP contribution in [0.4, 0.5) is 5.69 Å². The first-order valence-corrected chi connectivity index (χ1v) is 7.42. The zero-order chi connectivity index (χ0) is 14.1. The highest BCUT2D eigenvalue weighted by molar-refractivity contribution is 7.11. The minimum absolute atomic E-state index is 0.281. The number of hydrogen-bond donors (Lipinski definition) is 0. The summed E-state index contributed by atoms with van der Waals surface area (Å²) in [5.41, 5.74) is 1.86. The number of thiazole rings is 1. The van der Waals surface area contributed by atoms with Gasteiger partial charge in [-0.1, -0.05) is 29.5 Å². The van der Waals surface area contributed by atoms with Crippen LogP contribution in [0.5, 0.6) is 0 Å². The molecule has 3 rings (SSSR count). The van der Waals surface area contributed by atoms with Gasteiger partial charge in [0.15, 0.2) is 4.80 Å². The van der Waals surface area contributed by atoms with Crippen molar-refractivity contribution < 1.29 is 9.53 Å². The predicted octanol–water partition coefficient (Wildman–Crippen LogP) is 3.21. The number of aromatic nitrogens is 1. The highest BCUT2D eigenvalue weighted by Crippen LogP contribution is 2.36. The molecule has 0 radical (unpaired) electrons. The molecule has 0 N–H and O–H groups in total. The fourth-order valence-electron chi connectivity index (χ4n) is 2.20. The van der Waals surface area contributed by atoms with Crippen LogP contribution in [-0.4, -0.2) is 17.6 Å². The first-order valence-electron chi connectivity index (χ1n) is 6.60. The summed E-state index contributed by atoms with van der Waals surface area (Å²) >= 11 is 1.40. The highest BCUT2D eigenvalue weighted by atomic mass is 32.1. The number of nitrogens with zero attached hydrogens (tertiary/aromatic N) is 2. The lowest BCUT2D eigenvalue weighted by Crippen LogP contribution is -2.14. The number of methoxy groups -OCH3 is 1. The second-order valence-corrected chi connectivity index (χ2v) is 5.82. The lowest BCUT2D eigenvalue weighted by atomic mass is 10.3. The van der Waals surface area contributed by atoms with Crippen LogP contribution in [0.25, 0.3) is 0 Å². The predicted molar refractivity (Wildman–Crippen MR) is 78.3 cm³/mol. The molecule has 1 fully saturated rings. The maximum atomic E-state index is 11.8. The zero-order valence-electron chi connectivity index (χ0n) is 11.5. The van der Waals surface area contributed by atoms with Crippen molar-refractivity contribution in [1.82, 2.24) is 4.57 Å². The number of benzene rings is 1. The Morgan fingerprint density at radius 2 is 2.05 bits per heavy atom. The molecule has 0 unspecified atom stereocenters. The van der Waals surface area contributed by atoms with Gasteiger partial charge >= 0.3 is 5.97 Å². The smallest absolute Gasteiger partial charge is 0.349 e. The van der Waals surface area contributed by atoms with Crippen LogP contribution in [0.2, 0.25) is 0 Å². The Hall–Kier alpha value is -1.88. The summed E-state index contributed by atoms with van der Waals surface area (Å²) in [4.78, 5) is 18.0. The lowest BCUT2D eigenvalue weighted by molar-refractivity contribution is 0.0605. The number of rotatable bonds is 3. The van der Waals surface area contributed by atoms with E-state index < -0.39 is 0 Å². The fourth-order valence-corrected chi connectivity index (χ4v) is 3.33. The molecule has 1 aromatic heterocycles. The number of carbonyl (C=O) groups excluding carboxylic acids is 1. The van der Waals surface area contributed by atoms with Gasteiger partial charge in [-0.25, -0.2) is 9.79 Å². The second-order valence-electron chi connectivity index (χ2n) is 4.84. The van der Waals surface area contributed by atoms with E-state index in [0.29, 0.717) is 10.9 Å². The van der Waals surface area contributed by atoms with Crippen LogP contribution >= 0.6 is 11.3 Å². The molecule has 20 heavy (non-hydrogen) atoms. The molecule has 1 saturated carbocycles. The number of para-hydroxylation sites is 1. The van der Waals surface area contributed by atoms with E-state index in [-0.39, 0.29) is 5.97 Å². The molecule has 4 nitrogen and oxygen atoms in total. The van der Waals surface area contributed by atoms with Crippen LogP contribution in [0.1, 0.15) is 34.2 Å². The third-order valence-electron chi connectivity index (χ3n) is 3.35. The summed E-state index contributed by atoms with van der Waals surface area (Å²) in [6.07, 6.45) is 2.31. The Bertz CT molecular complexity index is 696. The molecule has 1 heterocycles. The van der Waals surface area contributed by atoms with Gasteiger partial charge in [0.25, 0.3) is 0 Å². The maximum absolute atomic E-state index is 11.8. The normalized spacial score (nSPS) is 15.4. The van der Waals surface area contributed by atoms with E-state index in [1.807, 2.05) is 37.3 Å². The van der Waals surface area contributed by atoms with Gasteiger partial charge in [0, 0.05) is 11.7 Å². The van der Waals surface area contributed by atoms with Crippen molar-refractivity contribution >= 4 is 23.0 Å². The van der Waals surface area contributed by atoms with Crippen LogP contribution in [-0.2, 0) is 4.74 Å². The molecule has 0 aliphatic heterocycles. The largest absolute Gasteiger partial charge is 0.465 e. The number of hydrogen-bond acceptors (Lipinski definition) is 4. The van der Waals surface area contributed by atoms with Crippen LogP contribution in [0.15, 0.2) is 35.3 Å². The molecule has 5 heteroatoms. The van der Waals surface area contributed by atoms with Gasteiger partial charge < -0.3 is 9.30 Å². The molecule has 104 valence electrons. The second kappa shape index (κ2) is 5.25. The van der Waals surface area contributed by atoms with E-state index in [0.717, 1.165) is 29.0 Å². The Balaban J connectivity index is 2.15. The zero-order valence-corrected chi connectivity index (χ0v) is 12.3. The van der Waals surface area contributed by atoms with Crippen molar-refractivity contribution in [1.29, 1.82) is 0 Å². The summed E-state index contributed by atoms with van der Waals surface area (Å²) in [7, 11) is 1.41. The Kier molecular flexibility index (Phi) is 3.44. The third kappa shape index (κ3) is 2.41. The molecule has 2 aromatic rings. The van der Waals surface area contributed by atoms with Crippen LogP contribution in [0, 0.1) is 6.92 Å². The number of carbonyl (C=O) groups is 1. The summed E-state index contributed by atoms with van der Waals surface area (Å²) < 4.78 is 7.02. The van der Waals surface area contributed by atoms with Gasteiger partial charge in [-0.2, -0.15) is 0 Å². The quantitative estimate of drug-likeness (QED) is 0.814. The van der Waals surface area contributed by atoms with E-state index in [1.165, 1.54) is 18.4 Å². The van der Waals surface area contributed by atoms with E-state index in [2.05, 4.69) is 9.56 Å². The maximum Gasteiger partial charge on any atom is 0.349 e. The molecule has 0 atom stereocenters. The van der Waals surface area contributed by atoms with Gasteiger partial charge in [-0.3, -0.25) is 0 Å². The standard InChI is InChI=1S/C15H16N2O2S/c1-10-13(14(18)19-2)20-15(17(10)12-8-9-12)16-11-6-4-3-5-7-11/h3-7,12H,8-9H2,1-2H3. The molecule has 0 bridgehead atoms. The monoisotopic (exact) mass is 288 g/mol. The highest BCUT2D eigenvalue weighted by Gasteiger charge is 2.29. The van der Waals surface area contributed by atoms with Crippen molar-refractivity contribution in [2.75, 3.05) is 7.11 Å². The molecule has 1 aromatic carbocycles. The van der Waals surface area contributed by atoms with Gasteiger partial charge in [0.05, 0.1) is 12.8 Å². The number of ether oxygens (including phenoxy) is 1. The Labute approximate surface area is 121 Å². The first kappa shape index (κ1) is 13.1. The van der Waals surface area contributed by atoms with Gasteiger partial charge in [0.2, 0.25) is 0 Å². The van der Waals surface area contributed by atoms with Crippen LogP contribution < -0.4 is 4.80 Å². The molecule has 1 aliphatic carbocycles. The third-order valence-corrected chi connectivity index (χ3v) is 4.49. The first-order chi connectivity index (χ1) is 9.70. The number of esters is 1. The Morgan fingerprint density at radius 1 is 1.35 bits per heavy atom. The van der Waals surface area contributed by atoms with Crippen molar-refractivity contribution in [3.05, 3.63) is 45.7 Å². The van der Waals surface area contributed by atoms with Gasteiger partial charge in [-0.15, -0.1) is 0 Å². The average molecular weight is 288 g/mol. The summed E-state index contributed by atoms with van der Waals surface area (Å²) in [6.45, 7) is 1.96. The average Bonchev–Trinajstić information content (AvgIpc) is 3.24. The van der Waals surface area contributed by atoms with E-state index in [4.69, 9.17) is 4.74 Å². The topological polar surface area (TPSA) is 43.6 Å². The minimum atomic E-state index is -0.281. The molecule has 0 amide bonds. The van der Waals surface area contributed by atoms with Crippen molar-refractivity contribution in [3.63, 3.8) is 0 Å². The summed E-state index contributed by atoms with van der Waals surface area (Å²) in [5.74, 6) is -0.281. The van der Waals surface area contributed by atoms with Gasteiger partial charge in [-0.05, 0) is 31.9 Å². The SMILES string of the molecule is COC(=O)c1sc(=Nc2ccccc2)n(C2CC2)c1C. The van der Waals surface area contributed by atoms with E-state index in [9.17, 15) is 4.79 Å². The summed E-state index contributed by atoms with van der Waals surface area (Å²) in [6, 6.07) is 10.3. The minimum Gasteiger partial charge on any atom is -0.465 e. The molecule has 0 spiro atoms. The van der Waals surface area contributed by atoms with Crippen molar-refractivity contribution in [3.8, 4) is 0 Å². The van der Waals surface area contributed by atoms with Crippen molar-refractivity contribution in [2.24, 2.45) is 4.99 Å². The molecular weight excluding hydrogens is 272 g/mol. The summed E-state index contributed by atoms with van der Waals surface area (Å²) in [5, 5.41) is 0. The van der Waals surface area contributed by atoms with E-state index >= 15 is 0 Å². The molecular formula is C15H16N2O2S. The van der Waals surface area contributed by atoms with Crippen molar-refractivity contribution in [2.45, 2.75) is 25.8 Å².